The second-order valence-electron chi connectivity index (χ2n) is 20.4. The number of methoxy groups -OCH3 is 1. The highest BCUT2D eigenvalue weighted by Gasteiger charge is 2.52. The number of carbonyl (C=O) groups is 5. The number of nitrogens with one attached hydrogen (secondary N) is 2. The van der Waals surface area contributed by atoms with E-state index in [0.29, 0.717) is 70.3 Å². The van der Waals surface area contributed by atoms with Gasteiger partial charge in [-0.3, -0.25) is 29.0 Å². The van der Waals surface area contributed by atoms with E-state index in [1.54, 1.807) is 29.0 Å². The first-order valence-electron chi connectivity index (χ1n) is 24.4. The number of amides is 4. The number of likely N-dealkylation sites (tertiary alicyclic amines) is 2. The van der Waals surface area contributed by atoms with Crippen molar-refractivity contribution in [3.63, 3.8) is 0 Å². The standard InChI is InChI=1S/C54H68N6O8/c1-8-46(62)57-24-21-54(32-57)20-13-22-59(52(54)66)47(34(3)4)49(63)55-44-28-35-26-38(29-39(61)27-35)37-17-18-45-41(30-37)42(48(58(45)9-2)40-15-11-10-14-36(40)19-25-67-7)31-53(5,6)33-68-51(65)43-16-12-23-60(56-43)50(44)64/h8,10-11,14-15,17-18,26-27,29-30,34,43-44,47,56,61H,1,9,12-13,16,19-25,28,31-33H2,2-7H3,(H,55,63)/t43-,44-,47?,54-/m0/s1. The fourth-order valence-electron chi connectivity index (χ4n) is 11.2. The minimum atomic E-state index is -1.15. The molecular formula is C54H68N6O8. The van der Waals surface area contributed by atoms with Crippen LogP contribution in [0.2, 0.25) is 0 Å². The normalized spacial score (nSPS) is 22.6. The molecule has 1 spiro atoms. The monoisotopic (exact) mass is 929 g/mol. The molecule has 4 aliphatic rings. The van der Waals surface area contributed by atoms with E-state index in [4.69, 9.17) is 9.47 Å². The van der Waals surface area contributed by atoms with Crippen molar-refractivity contribution >= 4 is 40.5 Å². The van der Waals surface area contributed by atoms with E-state index in [9.17, 15) is 29.1 Å². The Bertz CT molecular complexity index is 2600. The van der Waals surface area contributed by atoms with Crippen molar-refractivity contribution in [2.75, 3.05) is 46.5 Å². The molecule has 0 radical (unpaired) electrons. The second kappa shape index (κ2) is 19.9. The van der Waals surface area contributed by atoms with Crippen LogP contribution in [0.5, 0.6) is 5.75 Å². The van der Waals surface area contributed by atoms with E-state index >= 15 is 0 Å². The lowest BCUT2D eigenvalue weighted by molar-refractivity contribution is -0.156. The van der Waals surface area contributed by atoms with Gasteiger partial charge in [-0.1, -0.05) is 70.7 Å². The number of rotatable bonds is 10. The summed E-state index contributed by atoms with van der Waals surface area (Å²) in [5, 5.41) is 16.9. The number of piperidine rings is 1. The van der Waals surface area contributed by atoms with Gasteiger partial charge in [-0.15, -0.1) is 0 Å². The minimum Gasteiger partial charge on any atom is -0.508 e. The molecule has 1 unspecified atom stereocenters. The van der Waals surface area contributed by atoms with E-state index < -0.39 is 46.7 Å². The van der Waals surface area contributed by atoms with Gasteiger partial charge in [-0.25, -0.2) is 5.43 Å². The van der Waals surface area contributed by atoms with Crippen molar-refractivity contribution in [1.82, 2.24) is 30.1 Å². The van der Waals surface area contributed by atoms with Gasteiger partial charge in [0.15, 0.2) is 0 Å². The molecule has 4 amide bonds. The number of aryl methyl sites for hydroxylation is 1. The topological polar surface area (TPSA) is 163 Å². The van der Waals surface area contributed by atoms with Crippen LogP contribution >= 0.6 is 0 Å². The summed E-state index contributed by atoms with van der Waals surface area (Å²) in [6, 6.07) is 17.2. The maximum absolute atomic E-state index is 14.8. The number of aromatic nitrogens is 1. The molecule has 5 heterocycles. The number of hydrazine groups is 1. The summed E-state index contributed by atoms with van der Waals surface area (Å²) in [6.07, 6.45) is 5.35. The fourth-order valence-corrected chi connectivity index (χ4v) is 11.2. The second-order valence-corrected chi connectivity index (χ2v) is 20.4. The minimum absolute atomic E-state index is 0.00786. The number of esters is 1. The van der Waals surface area contributed by atoms with Crippen molar-refractivity contribution in [2.45, 2.75) is 111 Å². The van der Waals surface area contributed by atoms with Crippen LogP contribution in [0, 0.1) is 16.7 Å². The Morgan fingerprint density at radius 3 is 2.56 bits per heavy atom. The predicted octanol–water partition coefficient (Wildman–Crippen LogP) is 6.59. The molecule has 8 rings (SSSR count). The van der Waals surface area contributed by atoms with Gasteiger partial charge in [-0.05, 0) is 116 Å². The quantitative estimate of drug-likeness (QED) is 0.118. The number of fused-ring (bicyclic) bond motifs is 6. The lowest BCUT2D eigenvalue weighted by atomic mass is 9.77. The number of aromatic hydroxyl groups is 1. The molecule has 0 aliphatic carbocycles. The number of hydrogen-bond acceptors (Lipinski definition) is 9. The largest absolute Gasteiger partial charge is 0.508 e. The molecule has 14 nitrogen and oxygen atoms in total. The molecule has 3 aromatic carbocycles. The van der Waals surface area contributed by atoms with Crippen LogP contribution in [0.4, 0.5) is 0 Å². The van der Waals surface area contributed by atoms with Crippen LogP contribution in [-0.4, -0.2) is 119 Å². The Balaban J connectivity index is 1.20. The number of carbonyl (C=O) groups excluding carboxylic acids is 5. The average Bonchev–Trinajstić information content (AvgIpc) is 3.89. The van der Waals surface area contributed by atoms with Crippen molar-refractivity contribution in [3.05, 3.63) is 90.0 Å². The van der Waals surface area contributed by atoms with Gasteiger partial charge in [0, 0.05) is 68.1 Å². The number of phenolic OH excluding ortho intramolecular Hbond substituents is 1. The smallest absolute Gasteiger partial charge is 0.324 e. The van der Waals surface area contributed by atoms with Crippen molar-refractivity contribution in [2.24, 2.45) is 16.7 Å². The predicted molar refractivity (Wildman–Crippen MR) is 261 cm³/mol. The van der Waals surface area contributed by atoms with Gasteiger partial charge in [0.05, 0.1) is 24.3 Å². The van der Waals surface area contributed by atoms with Crippen LogP contribution in [0.1, 0.15) is 83.4 Å². The third-order valence-corrected chi connectivity index (χ3v) is 14.5. The highest BCUT2D eigenvalue weighted by atomic mass is 16.5. The van der Waals surface area contributed by atoms with Crippen LogP contribution in [0.25, 0.3) is 33.3 Å². The summed E-state index contributed by atoms with van der Waals surface area (Å²) in [5.74, 6) is -2.08. The molecule has 0 saturated carbocycles. The first-order valence-corrected chi connectivity index (χ1v) is 24.4. The molecule has 68 heavy (non-hydrogen) atoms. The zero-order valence-corrected chi connectivity index (χ0v) is 40.6. The number of benzene rings is 3. The maximum Gasteiger partial charge on any atom is 0.324 e. The van der Waals surface area contributed by atoms with Gasteiger partial charge < -0.3 is 34.3 Å². The molecule has 4 atom stereocenters. The van der Waals surface area contributed by atoms with Crippen molar-refractivity contribution < 1.29 is 38.6 Å². The summed E-state index contributed by atoms with van der Waals surface area (Å²) < 4.78 is 14.0. The summed E-state index contributed by atoms with van der Waals surface area (Å²) in [7, 11) is 1.71. The third kappa shape index (κ3) is 9.67. The summed E-state index contributed by atoms with van der Waals surface area (Å²) >= 11 is 0. The summed E-state index contributed by atoms with van der Waals surface area (Å²) in [4.78, 5) is 74.0. The van der Waals surface area contributed by atoms with Gasteiger partial charge in [0.1, 0.15) is 23.9 Å². The van der Waals surface area contributed by atoms with E-state index in [0.717, 1.165) is 45.3 Å². The first-order chi connectivity index (χ1) is 32.6. The van der Waals surface area contributed by atoms with Gasteiger partial charge in [0.2, 0.25) is 17.7 Å². The molecule has 3 fully saturated rings. The summed E-state index contributed by atoms with van der Waals surface area (Å²) in [5.41, 5.74) is 9.63. The molecule has 4 aromatic rings. The fraction of sp³-hybridized carbons (Fsp3) is 0.500. The molecule has 4 aliphatic heterocycles. The molecule has 14 heteroatoms. The van der Waals surface area contributed by atoms with E-state index in [1.165, 1.54) is 16.6 Å². The Morgan fingerprint density at radius 1 is 1.01 bits per heavy atom. The highest BCUT2D eigenvalue weighted by Crippen LogP contribution is 2.43. The van der Waals surface area contributed by atoms with E-state index in [2.05, 4.69) is 85.1 Å². The molecule has 3 saturated heterocycles. The average molecular weight is 929 g/mol. The van der Waals surface area contributed by atoms with Gasteiger partial charge in [-0.2, -0.15) is 0 Å². The number of phenols is 1. The lowest BCUT2D eigenvalue weighted by Crippen LogP contribution is -2.63. The summed E-state index contributed by atoms with van der Waals surface area (Å²) in [6.45, 7) is 16.5. The molecule has 6 bridgehead atoms. The van der Waals surface area contributed by atoms with Gasteiger partial charge >= 0.3 is 5.97 Å². The maximum atomic E-state index is 14.8. The third-order valence-electron chi connectivity index (χ3n) is 14.5. The van der Waals surface area contributed by atoms with Crippen LogP contribution in [0.3, 0.4) is 0 Å². The molecule has 362 valence electrons. The number of cyclic esters (lactones) is 1. The first kappa shape index (κ1) is 48.5. The Labute approximate surface area is 400 Å². The molecule has 1 aromatic heterocycles. The zero-order chi connectivity index (χ0) is 48.5. The van der Waals surface area contributed by atoms with E-state index in [-0.39, 0.29) is 49.6 Å². The highest BCUT2D eigenvalue weighted by molar-refractivity contribution is 5.97. The van der Waals surface area contributed by atoms with Gasteiger partial charge in [0.25, 0.3) is 5.91 Å². The zero-order valence-electron chi connectivity index (χ0n) is 40.6. The van der Waals surface area contributed by atoms with Crippen LogP contribution < -0.4 is 10.7 Å². The number of hydrogen-bond donors (Lipinski definition) is 3. The Kier molecular flexibility index (Phi) is 14.2. The molecule has 3 N–H and O–H groups in total. The van der Waals surface area contributed by atoms with Crippen LogP contribution in [-0.2, 0) is 59.3 Å². The van der Waals surface area contributed by atoms with Crippen LogP contribution in [0.15, 0.2) is 73.3 Å². The number of nitrogens with zero attached hydrogens (tertiary/aromatic N) is 4. The number of ether oxygens (including phenoxy) is 2. The van der Waals surface area contributed by atoms with Crippen molar-refractivity contribution in [1.29, 1.82) is 0 Å². The van der Waals surface area contributed by atoms with Crippen molar-refractivity contribution in [3.8, 4) is 28.1 Å². The Hall–Kier alpha value is -5.99. The Morgan fingerprint density at radius 2 is 1.81 bits per heavy atom. The molecular weight excluding hydrogens is 861 g/mol. The SMILES string of the molecule is C=CC(=O)N1CC[C@@]2(CCCN(C(C(=O)N[C@H]3Cc4cc(O)cc(c4)-c4ccc5c(c4)c(c(-c4ccccc4CCOC)n5CC)CC(C)(C)COC(=O)[C@@H]4CCCN(N4)C3=O)C(C)C)C2=O)C1. The lowest BCUT2D eigenvalue weighted by Gasteiger charge is -2.44. The van der Waals surface area contributed by atoms with E-state index in [1.807, 2.05) is 19.9 Å².